The van der Waals surface area contributed by atoms with E-state index in [-0.39, 0.29) is 11.4 Å². The van der Waals surface area contributed by atoms with Crippen LogP contribution in [0.15, 0.2) is 4.99 Å². The zero-order chi connectivity index (χ0) is 19.6. The van der Waals surface area contributed by atoms with E-state index < -0.39 is 0 Å². The van der Waals surface area contributed by atoms with Crippen LogP contribution in [0.2, 0.25) is 0 Å². The number of rotatable bonds is 4. The van der Waals surface area contributed by atoms with Crippen LogP contribution < -0.4 is 5.32 Å². The van der Waals surface area contributed by atoms with Gasteiger partial charge in [-0.15, -0.1) is 0 Å². The van der Waals surface area contributed by atoms with Crippen LogP contribution in [-0.2, 0) is 4.79 Å². The van der Waals surface area contributed by atoms with Gasteiger partial charge >= 0.3 is 0 Å². The average Bonchev–Trinajstić information content (AvgIpc) is 3.56. The molecule has 1 saturated carbocycles. The summed E-state index contributed by atoms with van der Waals surface area (Å²) in [6.45, 7) is 7.91. The summed E-state index contributed by atoms with van der Waals surface area (Å²) >= 11 is 0. The highest BCUT2D eigenvalue weighted by atomic mass is 16.2. The van der Waals surface area contributed by atoms with E-state index in [1.165, 1.54) is 58.0 Å². The van der Waals surface area contributed by atoms with E-state index in [1.807, 2.05) is 7.05 Å². The maximum atomic E-state index is 12.5. The minimum Gasteiger partial charge on any atom is -0.354 e. The van der Waals surface area contributed by atoms with Gasteiger partial charge in [0.2, 0.25) is 5.91 Å². The molecule has 0 bridgehead atoms. The summed E-state index contributed by atoms with van der Waals surface area (Å²) in [7, 11) is 4.08. The summed E-state index contributed by atoms with van der Waals surface area (Å²) in [6.07, 6.45) is 8.81. The van der Waals surface area contributed by atoms with Gasteiger partial charge in [-0.05, 0) is 71.8 Å². The van der Waals surface area contributed by atoms with Crippen molar-refractivity contribution in [3.05, 3.63) is 0 Å². The summed E-state index contributed by atoms with van der Waals surface area (Å²) in [5.74, 6) is 1.17. The zero-order valence-electron chi connectivity index (χ0n) is 17.8. The van der Waals surface area contributed by atoms with Gasteiger partial charge in [-0.3, -0.25) is 14.7 Å². The quantitative estimate of drug-likeness (QED) is 0.569. The molecule has 0 spiro atoms. The fraction of sp³-hybridized carbons (Fsp3) is 0.905. The molecule has 7 nitrogen and oxygen atoms in total. The maximum absolute atomic E-state index is 12.5. The van der Waals surface area contributed by atoms with E-state index in [0.717, 1.165) is 38.7 Å². The third kappa shape index (κ3) is 4.30. The van der Waals surface area contributed by atoms with E-state index in [9.17, 15) is 4.79 Å². The summed E-state index contributed by atoms with van der Waals surface area (Å²) < 4.78 is 0. The zero-order valence-corrected chi connectivity index (χ0v) is 17.8. The number of amides is 1. The molecule has 1 aliphatic carbocycles. The van der Waals surface area contributed by atoms with Crippen molar-refractivity contribution in [2.45, 2.75) is 56.5 Å². The third-order valence-electron chi connectivity index (χ3n) is 7.28. The monoisotopic (exact) mass is 390 g/mol. The van der Waals surface area contributed by atoms with Gasteiger partial charge in [-0.1, -0.05) is 6.42 Å². The number of hydrogen-bond acceptors (Lipinski definition) is 4. The first-order valence-electron chi connectivity index (χ1n) is 11.3. The molecule has 0 unspecified atom stereocenters. The highest BCUT2D eigenvalue weighted by Crippen LogP contribution is 2.31. The van der Waals surface area contributed by atoms with Crippen LogP contribution in [0.1, 0.15) is 44.9 Å². The van der Waals surface area contributed by atoms with Crippen molar-refractivity contribution >= 4 is 11.9 Å². The van der Waals surface area contributed by atoms with Crippen molar-refractivity contribution in [1.82, 2.24) is 24.9 Å². The number of carbonyl (C=O) groups is 1. The molecule has 7 heteroatoms. The van der Waals surface area contributed by atoms with Crippen molar-refractivity contribution in [2.75, 3.05) is 66.5 Å². The van der Waals surface area contributed by atoms with Gasteiger partial charge in [0.05, 0.1) is 6.54 Å². The third-order valence-corrected chi connectivity index (χ3v) is 7.28. The van der Waals surface area contributed by atoms with Crippen molar-refractivity contribution in [3.63, 3.8) is 0 Å². The van der Waals surface area contributed by atoms with Crippen molar-refractivity contribution in [3.8, 4) is 0 Å². The second-order valence-corrected chi connectivity index (χ2v) is 9.22. The van der Waals surface area contributed by atoms with Gasteiger partial charge in [0.25, 0.3) is 0 Å². The van der Waals surface area contributed by atoms with Crippen LogP contribution in [0, 0.1) is 0 Å². The first-order chi connectivity index (χ1) is 13.6. The number of aliphatic imine (C=N–C) groups is 1. The Morgan fingerprint density at radius 3 is 2.39 bits per heavy atom. The Morgan fingerprint density at radius 2 is 1.79 bits per heavy atom. The number of nitrogens with one attached hydrogen (secondary N) is 1. The number of likely N-dealkylation sites (tertiary alicyclic amines) is 2. The van der Waals surface area contributed by atoms with E-state index in [0.29, 0.717) is 12.6 Å². The molecular formula is C21H38N6O. The molecule has 0 aromatic heterocycles. The topological polar surface area (TPSA) is 54.4 Å². The molecule has 3 aliphatic heterocycles. The second kappa shape index (κ2) is 8.57. The molecule has 3 saturated heterocycles. The molecule has 0 radical (unpaired) electrons. The van der Waals surface area contributed by atoms with Crippen LogP contribution in [0.4, 0.5) is 0 Å². The molecule has 1 N–H and O–H groups in total. The molecule has 0 atom stereocenters. The lowest BCUT2D eigenvalue weighted by Crippen LogP contribution is -2.63. The Balaban J connectivity index is 1.38. The number of nitrogens with zero attached hydrogens (tertiary/aromatic N) is 5. The summed E-state index contributed by atoms with van der Waals surface area (Å²) in [4.78, 5) is 26.5. The molecule has 28 heavy (non-hydrogen) atoms. The van der Waals surface area contributed by atoms with Gasteiger partial charge in [0, 0.05) is 38.3 Å². The SMILES string of the molecule is CN=C(NCC1(N2CCCCC2)CCN(C)CC1)N1CCN(C2CC2)C(=O)C1. The highest BCUT2D eigenvalue weighted by molar-refractivity contribution is 5.88. The van der Waals surface area contributed by atoms with Crippen LogP contribution in [-0.4, -0.2) is 110 Å². The molecule has 0 aromatic carbocycles. The highest BCUT2D eigenvalue weighted by Gasteiger charge is 2.41. The minimum atomic E-state index is 0.225. The van der Waals surface area contributed by atoms with Gasteiger partial charge in [-0.2, -0.15) is 0 Å². The molecular weight excluding hydrogens is 352 g/mol. The predicted molar refractivity (Wildman–Crippen MR) is 113 cm³/mol. The Morgan fingerprint density at radius 1 is 1.07 bits per heavy atom. The molecule has 4 fully saturated rings. The normalized spacial score (nSPS) is 27.9. The lowest BCUT2D eigenvalue weighted by atomic mass is 9.84. The smallest absolute Gasteiger partial charge is 0.242 e. The van der Waals surface area contributed by atoms with E-state index in [4.69, 9.17) is 0 Å². The van der Waals surface area contributed by atoms with E-state index in [1.54, 1.807) is 0 Å². The van der Waals surface area contributed by atoms with Crippen molar-refractivity contribution in [2.24, 2.45) is 4.99 Å². The number of piperazine rings is 1. The predicted octanol–water partition coefficient (Wildman–Crippen LogP) is 0.819. The van der Waals surface area contributed by atoms with Gasteiger partial charge in [0.1, 0.15) is 0 Å². The van der Waals surface area contributed by atoms with E-state index in [2.05, 4.69) is 37.0 Å². The average molecular weight is 391 g/mol. The summed E-state index contributed by atoms with van der Waals surface area (Å²) in [5, 5.41) is 3.69. The summed E-state index contributed by atoms with van der Waals surface area (Å²) in [6, 6.07) is 0.520. The van der Waals surface area contributed by atoms with Crippen LogP contribution in [0.25, 0.3) is 0 Å². The van der Waals surface area contributed by atoms with Gasteiger partial charge < -0.3 is 20.0 Å². The fourth-order valence-electron chi connectivity index (χ4n) is 5.22. The Labute approximate surface area is 170 Å². The largest absolute Gasteiger partial charge is 0.354 e. The second-order valence-electron chi connectivity index (χ2n) is 9.22. The van der Waals surface area contributed by atoms with E-state index >= 15 is 0 Å². The first kappa shape index (κ1) is 20.0. The lowest BCUT2D eigenvalue weighted by molar-refractivity contribution is -0.135. The van der Waals surface area contributed by atoms with Crippen LogP contribution in [0.5, 0.6) is 0 Å². The molecule has 3 heterocycles. The number of hydrogen-bond donors (Lipinski definition) is 1. The number of carbonyl (C=O) groups excluding carboxylic acids is 1. The minimum absolute atomic E-state index is 0.225. The maximum Gasteiger partial charge on any atom is 0.242 e. The molecule has 1 amide bonds. The summed E-state index contributed by atoms with van der Waals surface area (Å²) in [5.41, 5.74) is 0.225. The van der Waals surface area contributed by atoms with Crippen LogP contribution in [0.3, 0.4) is 0 Å². The Bertz CT molecular complexity index is 575. The van der Waals surface area contributed by atoms with Crippen LogP contribution >= 0.6 is 0 Å². The molecule has 4 aliphatic rings. The molecule has 4 rings (SSSR count). The standard InChI is InChI=1S/C21H38N6O/c1-22-20(25-14-15-27(18-6-7-18)19(28)16-25)23-17-21(8-12-24(2)13-9-21)26-10-4-3-5-11-26/h18H,3-17H2,1-2H3,(H,22,23). The Hall–Kier alpha value is -1.34. The van der Waals surface area contributed by atoms with Crippen molar-refractivity contribution in [1.29, 1.82) is 0 Å². The number of piperidine rings is 2. The number of guanidine groups is 1. The Kier molecular flexibility index (Phi) is 6.11. The van der Waals surface area contributed by atoms with Crippen molar-refractivity contribution < 1.29 is 4.79 Å². The fourth-order valence-corrected chi connectivity index (χ4v) is 5.22. The first-order valence-corrected chi connectivity index (χ1v) is 11.3. The lowest BCUT2D eigenvalue weighted by Gasteiger charge is -2.50. The molecule has 158 valence electrons. The van der Waals surface area contributed by atoms with Gasteiger partial charge in [0.15, 0.2) is 5.96 Å². The molecule has 0 aromatic rings. The van der Waals surface area contributed by atoms with Gasteiger partial charge in [-0.25, -0.2) is 0 Å².